The van der Waals surface area contributed by atoms with Crippen molar-refractivity contribution in [1.29, 1.82) is 0 Å². The normalized spacial score (nSPS) is 11.5. The lowest BCUT2D eigenvalue weighted by molar-refractivity contribution is 0.281. The van der Waals surface area contributed by atoms with Crippen LogP contribution in [0.3, 0.4) is 0 Å². The molecule has 19 heavy (non-hydrogen) atoms. The lowest BCUT2D eigenvalue weighted by Crippen LogP contribution is -2.15. The fourth-order valence-electron chi connectivity index (χ4n) is 1.65. The van der Waals surface area contributed by atoms with Gasteiger partial charge in [0.2, 0.25) is 0 Å². The van der Waals surface area contributed by atoms with E-state index in [1.54, 1.807) is 6.07 Å². The number of ether oxygens (including phenoxy) is 1. The third kappa shape index (κ3) is 6.03. The Labute approximate surface area is 113 Å². The summed E-state index contributed by atoms with van der Waals surface area (Å²) in [5.41, 5.74) is 5.80. The summed E-state index contributed by atoms with van der Waals surface area (Å²) in [4.78, 5) is 8.02. The van der Waals surface area contributed by atoms with Gasteiger partial charge >= 0.3 is 6.01 Å². The van der Waals surface area contributed by atoms with Gasteiger partial charge < -0.3 is 15.7 Å². The van der Waals surface area contributed by atoms with Gasteiger partial charge in [-0.25, -0.2) is 4.98 Å². The summed E-state index contributed by atoms with van der Waals surface area (Å²) < 4.78 is 5.43. The van der Waals surface area contributed by atoms with Crippen LogP contribution in [0.5, 0.6) is 6.01 Å². The molecule has 6 nitrogen and oxygen atoms in total. The molecule has 0 saturated heterocycles. The maximum absolute atomic E-state index is 8.56. The molecule has 0 aliphatic rings. The van der Waals surface area contributed by atoms with Crippen molar-refractivity contribution in [3.05, 3.63) is 18.0 Å². The maximum Gasteiger partial charge on any atom is 0.317 e. The molecule has 0 unspecified atom stereocenters. The second-order valence-electron chi connectivity index (χ2n) is 4.33. The molecule has 0 amide bonds. The van der Waals surface area contributed by atoms with Crippen LogP contribution in [0.4, 0.5) is 0 Å². The molecule has 0 spiro atoms. The monoisotopic (exact) mass is 266 g/mol. The molecule has 0 saturated carbocycles. The Bertz CT molecular complexity index is 396. The van der Waals surface area contributed by atoms with E-state index in [1.807, 2.05) is 0 Å². The van der Waals surface area contributed by atoms with Crippen molar-refractivity contribution in [3.8, 4) is 6.01 Å². The lowest BCUT2D eigenvalue weighted by atomic mass is 10.1. The molecule has 1 aromatic heterocycles. The Balaban J connectivity index is 2.26. The Morgan fingerprint density at radius 2 is 2.05 bits per heavy atom. The minimum absolute atomic E-state index is 0.0492. The summed E-state index contributed by atoms with van der Waals surface area (Å²) in [6, 6.07) is 1.82. The number of hydrogen-bond acceptors (Lipinski definition) is 5. The van der Waals surface area contributed by atoms with Gasteiger partial charge in [0.1, 0.15) is 5.69 Å². The van der Waals surface area contributed by atoms with E-state index in [0.717, 1.165) is 12.8 Å². The highest BCUT2D eigenvalue weighted by Crippen LogP contribution is 2.07. The fourth-order valence-corrected chi connectivity index (χ4v) is 1.65. The number of unbranched alkanes of at least 4 members (excludes halogenated alkanes) is 5. The molecule has 0 radical (unpaired) electrons. The van der Waals surface area contributed by atoms with E-state index in [-0.39, 0.29) is 11.8 Å². The summed E-state index contributed by atoms with van der Waals surface area (Å²) in [6.07, 6.45) is 8.74. The highest BCUT2D eigenvalue weighted by molar-refractivity contribution is 5.95. The van der Waals surface area contributed by atoms with Gasteiger partial charge in [0.25, 0.3) is 0 Å². The zero-order valence-corrected chi connectivity index (χ0v) is 11.4. The third-order valence-corrected chi connectivity index (χ3v) is 2.73. The minimum atomic E-state index is -0.0492. The summed E-state index contributed by atoms with van der Waals surface area (Å²) in [5.74, 6) is -0.0492. The molecular weight excluding hydrogens is 244 g/mol. The van der Waals surface area contributed by atoms with Gasteiger partial charge in [-0.05, 0) is 12.5 Å². The van der Waals surface area contributed by atoms with E-state index < -0.39 is 0 Å². The average molecular weight is 266 g/mol. The summed E-state index contributed by atoms with van der Waals surface area (Å²) in [6.45, 7) is 2.79. The Morgan fingerprint density at radius 1 is 1.32 bits per heavy atom. The smallest absolute Gasteiger partial charge is 0.317 e. The van der Waals surface area contributed by atoms with E-state index in [9.17, 15) is 0 Å². The molecule has 3 N–H and O–H groups in total. The number of rotatable bonds is 9. The number of aromatic nitrogens is 2. The van der Waals surface area contributed by atoms with Gasteiger partial charge in [0.15, 0.2) is 5.84 Å². The van der Waals surface area contributed by atoms with Gasteiger partial charge in [0.05, 0.1) is 6.61 Å². The Kier molecular flexibility index (Phi) is 7.31. The van der Waals surface area contributed by atoms with Crippen molar-refractivity contribution in [2.45, 2.75) is 45.4 Å². The first-order chi connectivity index (χ1) is 9.27. The summed E-state index contributed by atoms with van der Waals surface area (Å²) >= 11 is 0. The number of nitrogens with two attached hydrogens (primary N) is 1. The van der Waals surface area contributed by atoms with Crippen LogP contribution in [-0.2, 0) is 0 Å². The van der Waals surface area contributed by atoms with Crippen LogP contribution in [0.15, 0.2) is 17.4 Å². The average Bonchev–Trinajstić information content (AvgIpc) is 2.46. The quantitative estimate of drug-likeness (QED) is 0.235. The van der Waals surface area contributed by atoms with Crippen LogP contribution in [0, 0.1) is 0 Å². The molecule has 1 aromatic rings. The number of nitrogens with zero attached hydrogens (tertiary/aromatic N) is 3. The zero-order valence-electron chi connectivity index (χ0n) is 11.4. The molecular formula is C13H22N4O2. The van der Waals surface area contributed by atoms with Gasteiger partial charge in [0, 0.05) is 6.20 Å². The predicted octanol–water partition coefficient (Wildman–Crippen LogP) is 2.31. The zero-order chi connectivity index (χ0) is 13.9. The fraction of sp³-hybridized carbons (Fsp3) is 0.615. The van der Waals surface area contributed by atoms with Gasteiger partial charge in [-0.2, -0.15) is 4.98 Å². The summed E-state index contributed by atoms with van der Waals surface area (Å²) in [7, 11) is 0. The molecule has 0 aliphatic carbocycles. The molecule has 0 bridgehead atoms. The van der Waals surface area contributed by atoms with Crippen LogP contribution in [-0.4, -0.2) is 27.6 Å². The van der Waals surface area contributed by atoms with E-state index in [2.05, 4.69) is 22.0 Å². The minimum Gasteiger partial charge on any atom is -0.463 e. The Hall–Kier alpha value is -1.85. The predicted molar refractivity (Wildman–Crippen MR) is 73.4 cm³/mol. The second-order valence-corrected chi connectivity index (χ2v) is 4.33. The molecule has 0 fully saturated rings. The van der Waals surface area contributed by atoms with E-state index in [4.69, 9.17) is 15.7 Å². The first kappa shape index (κ1) is 15.2. The number of hydrogen-bond donors (Lipinski definition) is 2. The number of amidine groups is 1. The van der Waals surface area contributed by atoms with Crippen molar-refractivity contribution >= 4 is 5.84 Å². The standard InChI is InChI=1S/C13H22N4O2/c1-2-3-4-5-6-7-10-19-13-15-9-8-11(16-13)12(14)17-18/h8-9,18H,2-7,10H2,1H3,(H2,14,17). The first-order valence-electron chi connectivity index (χ1n) is 6.71. The van der Waals surface area contributed by atoms with Crippen LogP contribution in [0.2, 0.25) is 0 Å². The maximum atomic E-state index is 8.56. The second kappa shape index (κ2) is 9.13. The first-order valence-corrected chi connectivity index (χ1v) is 6.71. The number of oxime groups is 1. The topological polar surface area (TPSA) is 93.6 Å². The van der Waals surface area contributed by atoms with E-state index >= 15 is 0 Å². The Morgan fingerprint density at radius 3 is 2.79 bits per heavy atom. The summed E-state index contributed by atoms with van der Waals surface area (Å²) in [5, 5.41) is 11.4. The van der Waals surface area contributed by atoms with Gasteiger partial charge in [-0.1, -0.05) is 44.2 Å². The van der Waals surface area contributed by atoms with Crippen molar-refractivity contribution in [3.63, 3.8) is 0 Å². The van der Waals surface area contributed by atoms with Crippen molar-refractivity contribution in [2.24, 2.45) is 10.9 Å². The van der Waals surface area contributed by atoms with Gasteiger partial charge in [-0.3, -0.25) is 0 Å². The molecule has 1 heterocycles. The SMILES string of the molecule is CCCCCCCCOc1nccc(/C(N)=N/O)n1. The van der Waals surface area contributed by atoms with Gasteiger partial charge in [-0.15, -0.1) is 0 Å². The molecule has 106 valence electrons. The molecule has 0 atom stereocenters. The molecule has 1 rings (SSSR count). The van der Waals surface area contributed by atoms with E-state index in [0.29, 0.717) is 12.3 Å². The molecule has 0 aliphatic heterocycles. The van der Waals surface area contributed by atoms with Crippen molar-refractivity contribution in [1.82, 2.24) is 9.97 Å². The van der Waals surface area contributed by atoms with Crippen LogP contribution in [0.1, 0.15) is 51.1 Å². The molecule has 0 aromatic carbocycles. The largest absolute Gasteiger partial charge is 0.463 e. The lowest BCUT2D eigenvalue weighted by Gasteiger charge is -2.05. The van der Waals surface area contributed by atoms with Crippen LogP contribution < -0.4 is 10.5 Å². The molecule has 6 heteroatoms. The van der Waals surface area contributed by atoms with Crippen LogP contribution in [0.25, 0.3) is 0 Å². The van der Waals surface area contributed by atoms with Crippen molar-refractivity contribution in [2.75, 3.05) is 6.61 Å². The van der Waals surface area contributed by atoms with E-state index in [1.165, 1.54) is 31.9 Å². The highest BCUT2D eigenvalue weighted by Gasteiger charge is 2.04. The highest BCUT2D eigenvalue weighted by atomic mass is 16.5. The van der Waals surface area contributed by atoms with Crippen LogP contribution >= 0.6 is 0 Å². The third-order valence-electron chi connectivity index (χ3n) is 2.73. The van der Waals surface area contributed by atoms with Crippen molar-refractivity contribution < 1.29 is 9.94 Å².